The van der Waals surface area contributed by atoms with Crippen molar-refractivity contribution < 1.29 is 33.4 Å². The largest absolute Gasteiger partial charge is 0.507 e. The van der Waals surface area contributed by atoms with Crippen LogP contribution in [0.15, 0.2) is 48.0 Å². The molecule has 10 heteroatoms. The minimum atomic E-state index is -1.08. The van der Waals surface area contributed by atoms with Gasteiger partial charge in [-0.2, -0.15) is 0 Å². The van der Waals surface area contributed by atoms with Crippen molar-refractivity contribution in [1.29, 1.82) is 0 Å². The van der Waals surface area contributed by atoms with Crippen molar-refractivity contribution in [2.75, 3.05) is 18.1 Å². The van der Waals surface area contributed by atoms with Crippen LogP contribution in [0.5, 0.6) is 5.75 Å². The minimum absolute atomic E-state index is 0.0552. The summed E-state index contributed by atoms with van der Waals surface area (Å²) in [7, 11) is 0. The fourth-order valence-corrected chi connectivity index (χ4v) is 5.01. The second kappa shape index (κ2) is 10.5. The number of aliphatic hydroxyl groups excluding tert-OH is 1. The van der Waals surface area contributed by atoms with Crippen LogP contribution in [0.4, 0.5) is 9.52 Å². The molecule has 8 nitrogen and oxygen atoms in total. The summed E-state index contributed by atoms with van der Waals surface area (Å²) >= 11 is 0.913. The molecular weight excluding hydrogens is 499 g/mol. The molecule has 1 amide bonds. The Morgan fingerprint density at radius 1 is 1.11 bits per heavy atom. The number of amides is 1. The lowest BCUT2D eigenvalue weighted by Crippen LogP contribution is -2.29. The first kappa shape index (κ1) is 26.0. The van der Waals surface area contributed by atoms with E-state index in [1.54, 1.807) is 45.0 Å². The molecule has 1 fully saturated rings. The predicted molar refractivity (Wildman–Crippen MR) is 136 cm³/mol. The van der Waals surface area contributed by atoms with Gasteiger partial charge in [-0.05, 0) is 57.0 Å². The highest BCUT2D eigenvalue weighted by molar-refractivity contribution is 7.17. The highest BCUT2D eigenvalue weighted by atomic mass is 32.1. The number of ketones is 1. The third-order valence-electron chi connectivity index (χ3n) is 5.85. The fraction of sp³-hybridized carbons (Fsp3) is 0.259. The van der Waals surface area contributed by atoms with E-state index in [0.717, 1.165) is 22.3 Å². The van der Waals surface area contributed by atoms with Crippen LogP contribution in [0.25, 0.3) is 5.76 Å². The number of halogens is 1. The van der Waals surface area contributed by atoms with Gasteiger partial charge in [-0.1, -0.05) is 35.6 Å². The third kappa shape index (κ3) is 4.84. The van der Waals surface area contributed by atoms with E-state index in [9.17, 15) is 23.9 Å². The minimum Gasteiger partial charge on any atom is -0.507 e. The van der Waals surface area contributed by atoms with Crippen LogP contribution >= 0.6 is 11.3 Å². The van der Waals surface area contributed by atoms with Crippen molar-refractivity contribution >= 4 is 39.9 Å². The zero-order valence-electron chi connectivity index (χ0n) is 20.7. The number of hydrogen-bond donors (Lipinski definition) is 1. The lowest BCUT2D eigenvalue weighted by Gasteiger charge is -2.23. The SMILES string of the molecule is CCOC(=O)c1sc(N2C(=O)C(=O)/C(=C(/O)c3ccc(C)c(F)c3)C2c2ccc(OCC)cc2)nc1C. The van der Waals surface area contributed by atoms with Crippen LogP contribution in [-0.4, -0.2) is 41.0 Å². The number of ether oxygens (including phenoxy) is 2. The number of aryl methyl sites for hydroxylation is 2. The topological polar surface area (TPSA) is 106 Å². The quantitative estimate of drug-likeness (QED) is 0.198. The maximum Gasteiger partial charge on any atom is 0.350 e. The lowest BCUT2D eigenvalue weighted by atomic mass is 9.95. The van der Waals surface area contributed by atoms with E-state index in [0.29, 0.717) is 29.2 Å². The number of thiazole rings is 1. The van der Waals surface area contributed by atoms with Crippen molar-refractivity contribution in [2.45, 2.75) is 33.7 Å². The van der Waals surface area contributed by atoms with Gasteiger partial charge in [0.25, 0.3) is 5.78 Å². The maximum absolute atomic E-state index is 14.3. The number of esters is 1. The molecule has 192 valence electrons. The first-order chi connectivity index (χ1) is 17.7. The Hall–Kier alpha value is -4.05. The molecular formula is C27H25FN2O6S. The van der Waals surface area contributed by atoms with Gasteiger partial charge in [0, 0.05) is 5.56 Å². The molecule has 0 spiro atoms. The average Bonchev–Trinajstić information content (AvgIpc) is 3.38. The van der Waals surface area contributed by atoms with Gasteiger partial charge in [0.15, 0.2) is 5.13 Å². The van der Waals surface area contributed by atoms with E-state index in [1.807, 2.05) is 6.92 Å². The van der Waals surface area contributed by atoms with Crippen LogP contribution in [0.1, 0.15) is 51.9 Å². The average molecular weight is 525 g/mol. The first-order valence-corrected chi connectivity index (χ1v) is 12.4. The third-order valence-corrected chi connectivity index (χ3v) is 6.99. The van der Waals surface area contributed by atoms with Gasteiger partial charge in [-0.15, -0.1) is 0 Å². The van der Waals surface area contributed by atoms with Crippen LogP contribution in [-0.2, 0) is 14.3 Å². The number of aromatic nitrogens is 1. The van der Waals surface area contributed by atoms with E-state index >= 15 is 0 Å². The molecule has 0 aliphatic carbocycles. The van der Waals surface area contributed by atoms with Crippen molar-refractivity contribution in [3.8, 4) is 5.75 Å². The van der Waals surface area contributed by atoms with Gasteiger partial charge < -0.3 is 14.6 Å². The molecule has 1 atom stereocenters. The Kier molecular flexibility index (Phi) is 7.40. The summed E-state index contributed by atoms with van der Waals surface area (Å²) in [4.78, 5) is 44.7. The Labute approximate surface area is 217 Å². The number of anilines is 1. The smallest absolute Gasteiger partial charge is 0.350 e. The van der Waals surface area contributed by atoms with Gasteiger partial charge in [0.05, 0.1) is 30.5 Å². The zero-order valence-corrected chi connectivity index (χ0v) is 21.5. The zero-order chi connectivity index (χ0) is 26.9. The number of carbonyl (C=O) groups is 3. The first-order valence-electron chi connectivity index (χ1n) is 11.6. The molecule has 0 bridgehead atoms. The van der Waals surface area contributed by atoms with E-state index in [1.165, 1.54) is 12.1 Å². The summed E-state index contributed by atoms with van der Waals surface area (Å²) in [5, 5.41) is 11.3. The van der Waals surface area contributed by atoms with Gasteiger partial charge in [0.2, 0.25) is 0 Å². The summed E-state index contributed by atoms with van der Waals surface area (Å²) in [5.74, 6) is -2.98. The number of nitrogens with zero attached hydrogens (tertiary/aromatic N) is 2. The molecule has 1 aliphatic heterocycles. The summed E-state index contributed by atoms with van der Waals surface area (Å²) in [5.41, 5.74) is 1.03. The number of carbonyl (C=O) groups excluding carboxylic acids is 3. The highest BCUT2D eigenvalue weighted by Gasteiger charge is 2.48. The Bertz CT molecular complexity index is 1410. The molecule has 0 saturated carbocycles. The summed E-state index contributed by atoms with van der Waals surface area (Å²) in [6.07, 6.45) is 0. The second-order valence-corrected chi connectivity index (χ2v) is 9.24. The normalized spacial score (nSPS) is 16.8. The number of aliphatic hydroxyl groups is 1. The highest BCUT2D eigenvalue weighted by Crippen LogP contribution is 2.44. The van der Waals surface area contributed by atoms with E-state index in [-0.39, 0.29) is 27.8 Å². The van der Waals surface area contributed by atoms with E-state index in [2.05, 4.69) is 4.98 Å². The van der Waals surface area contributed by atoms with Gasteiger partial charge in [0.1, 0.15) is 22.2 Å². The summed E-state index contributed by atoms with van der Waals surface area (Å²) in [6, 6.07) is 9.68. The molecule has 4 rings (SSSR count). The molecule has 1 N–H and O–H groups in total. The van der Waals surface area contributed by atoms with Gasteiger partial charge >= 0.3 is 11.9 Å². The van der Waals surface area contributed by atoms with Crippen molar-refractivity contribution in [2.24, 2.45) is 0 Å². The Morgan fingerprint density at radius 2 is 1.81 bits per heavy atom. The van der Waals surface area contributed by atoms with Gasteiger partial charge in [-0.25, -0.2) is 14.2 Å². The molecule has 1 unspecified atom stereocenters. The molecule has 1 aromatic heterocycles. The molecule has 1 aliphatic rings. The number of benzene rings is 2. The fourth-order valence-electron chi connectivity index (χ4n) is 4.03. The van der Waals surface area contributed by atoms with E-state index < -0.39 is 35.3 Å². The molecule has 2 aromatic carbocycles. The predicted octanol–water partition coefficient (Wildman–Crippen LogP) is 5.10. The lowest BCUT2D eigenvalue weighted by molar-refractivity contribution is -0.132. The molecule has 1 saturated heterocycles. The van der Waals surface area contributed by atoms with Crippen LogP contribution < -0.4 is 9.64 Å². The van der Waals surface area contributed by atoms with Crippen molar-refractivity contribution in [3.63, 3.8) is 0 Å². The molecule has 37 heavy (non-hydrogen) atoms. The molecule has 0 radical (unpaired) electrons. The van der Waals surface area contributed by atoms with Crippen molar-refractivity contribution in [1.82, 2.24) is 4.98 Å². The summed E-state index contributed by atoms with van der Waals surface area (Å²) in [6.45, 7) is 7.30. The van der Waals surface area contributed by atoms with Crippen LogP contribution in [0.2, 0.25) is 0 Å². The van der Waals surface area contributed by atoms with E-state index in [4.69, 9.17) is 9.47 Å². The summed E-state index contributed by atoms with van der Waals surface area (Å²) < 4.78 is 24.9. The molecule has 3 aromatic rings. The number of hydrogen-bond acceptors (Lipinski definition) is 8. The number of Topliss-reactive ketones (excluding diaryl/α,β-unsaturated/α-hetero) is 1. The number of rotatable bonds is 7. The second-order valence-electron chi connectivity index (χ2n) is 8.27. The monoisotopic (exact) mass is 524 g/mol. The van der Waals surface area contributed by atoms with Crippen LogP contribution in [0.3, 0.4) is 0 Å². The molecule has 2 heterocycles. The van der Waals surface area contributed by atoms with Gasteiger partial charge in [-0.3, -0.25) is 14.5 Å². The Balaban J connectivity index is 1.90. The standard InChI is InChI=1S/C27H25FN2O6S/c1-5-35-18-11-9-16(10-12-18)21-20(22(31)17-8-7-14(3)19(28)13-17)23(32)25(33)30(21)27-29-15(4)24(37-27)26(34)36-6-2/h7-13,21,31H,5-6H2,1-4H3/b22-20+. The maximum atomic E-state index is 14.3. The Morgan fingerprint density at radius 3 is 2.43 bits per heavy atom. The van der Waals surface area contributed by atoms with Crippen LogP contribution in [0, 0.1) is 19.7 Å². The van der Waals surface area contributed by atoms with Crippen molar-refractivity contribution in [3.05, 3.63) is 81.1 Å².